The van der Waals surface area contributed by atoms with E-state index in [0.29, 0.717) is 30.8 Å². The monoisotopic (exact) mass is 421 g/mol. The van der Waals surface area contributed by atoms with Gasteiger partial charge in [-0.25, -0.2) is 9.18 Å². The van der Waals surface area contributed by atoms with Gasteiger partial charge in [-0.1, -0.05) is 23.7 Å². The van der Waals surface area contributed by atoms with Crippen LogP contribution in [0.4, 0.5) is 4.39 Å². The fourth-order valence-electron chi connectivity index (χ4n) is 3.44. The molecule has 2 aromatic carbocycles. The molecule has 2 N–H and O–H groups in total. The first-order valence-corrected chi connectivity index (χ1v) is 9.49. The molecule has 1 aliphatic rings. The summed E-state index contributed by atoms with van der Waals surface area (Å²) < 4.78 is 24.8. The summed E-state index contributed by atoms with van der Waals surface area (Å²) in [5.41, 5.74) is 0.0404. The van der Waals surface area contributed by atoms with Crippen LogP contribution in [0.2, 0.25) is 5.02 Å². The number of halogens is 2. The van der Waals surface area contributed by atoms with Gasteiger partial charge in [0.05, 0.1) is 12.7 Å². The first-order chi connectivity index (χ1) is 13.8. The Morgan fingerprint density at radius 2 is 2.10 bits per heavy atom. The van der Waals surface area contributed by atoms with Gasteiger partial charge in [0.15, 0.2) is 5.60 Å². The third-order valence-electron chi connectivity index (χ3n) is 4.94. The highest BCUT2D eigenvalue weighted by Gasteiger charge is 2.43. The van der Waals surface area contributed by atoms with E-state index in [-0.39, 0.29) is 23.6 Å². The van der Waals surface area contributed by atoms with Gasteiger partial charge in [0.25, 0.3) is 5.91 Å². The van der Waals surface area contributed by atoms with Crippen molar-refractivity contribution in [2.75, 3.05) is 13.7 Å². The highest BCUT2D eigenvalue weighted by Crippen LogP contribution is 2.31. The summed E-state index contributed by atoms with van der Waals surface area (Å²) in [6, 6.07) is 9.08. The quantitative estimate of drug-likeness (QED) is 0.713. The number of aliphatic carboxylic acids is 1. The van der Waals surface area contributed by atoms with Crippen molar-refractivity contribution in [1.29, 1.82) is 0 Å². The number of hydrogen-bond acceptors (Lipinski definition) is 4. The maximum absolute atomic E-state index is 13.9. The molecule has 0 saturated carbocycles. The van der Waals surface area contributed by atoms with E-state index in [4.69, 9.17) is 21.1 Å². The van der Waals surface area contributed by atoms with Gasteiger partial charge < -0.3 is 19.9 Å². The van der Waals surface area contributed by atoms with Crippen LogP contribution in [0.3, 0.4) is 0 Å². The molecular formula is C21H21ClFNO5. The Morgan fingerprint density at radius 3 is 2.72 bits per heavy atom. The minimum Gasteiger partial charge on any atom is -0.496 e. The number of amides is 1. The molecule has 8 heteroatoms. The maximum Gasteiger partial charge on any atom is 0.336 e. The number of carboxylic acid groups (broad SMARTS) is 1. The van der Waals surface area contributed by atoms with E-state index in [1.807, 2.05) is 0 Å². The highest BCUT2D eigenvalue weighted by molar-refractivity contribution is 6.30. The first kappa shape index (κ1) is 21.1. The number of nitrogens with one attached hydrogen (secondary N) is 1. The summed E-state index contributed by atoms with van der Waals surface area (Å²) in [6.07, 6.45) is 1.34. The molecule has 0 bridgehead atoms. The van der Waals surface area contributed by atoms with Gasteiger partial charge in [-0.05, 0) is 42.7 Å². The molecule has 1 aliphatic heterocycles. The summed E-state index contributed by atoms with van der Waals surface area (Å²) >= 11 is 5.71. The number of methoxy groups -OCH3 is 1. The zero-order chi connectivity index (χ0) is 21.0. The number of ether oxygens (including phenoxy) is 2. The van der Waals surface area contributed by atoms with E-state index < -0.39 is 23.3 Å². The molecule has 1 fully saturated rings. The van der Waals surface area contributed by atoms with Crippen LogP contribution >= 0.6 is 11.6 Å². The Hall–Kier alpha value is -2.64. The summed E-state index contributed by atoms with van der Waals surface area (Å²) in [5, 5.41) is 12.4. The fourth-order valence-corrected chi connectivity index (χ4v) is 3.59. The number of carboxylic acids is 1. The van der Waals surface area contributed by atoms with E-state index in [0.717, 1.165) is 11.6 Å². The van der Waals surface area contributed by atoms with E-state index in [1.54, 1.807) is 18.2 Å². The molecule has 1 heterocycles. The van der Waals surface area contributed by atoms with Crippen molar-refractivity contribution < 1.29 is 28.6 Å². The standard InChI is InChI=1S/C21H21ClFNO5/c1-28-18-6-3-13(11-21(20(26)27)7-2-8-29-21)9-14(18)12-24-19(25)16-5-4-15(22)10-17(16)23/h3-6,9-10H,2,7-8,11-12H2,1H3,(H,24,25)(H,26,27). The molecule has 29 heavy (non-hydrogen) atoms. The van der Waals surface area contributed by atoms with Crippen molar-refractivity contribution in [2.45, 2.75) is 31.4 Å². The SMILES string of the molecule is COc1ccc(CC2(C(=O)O)CCCO2)cc1CNC(=O)c1ccc(Cl)cc1F. The van der Waals surface area contributed by atoms with Crippen molar-refractivity contribution in [2.24, 2.45) is 0 Å². The zero-order valence-electron chi connectivity index (χ0n) is 15.8. The number of hydrogen-bond donors (Lipinski definition) is 2. The van der Waals surface area contributed by atoms with Crippen molar-refractivity contribution in [3.63, 3.8) is 0 Å². The second kappa shape index (κ2) is 8.80. The summed E-state index contributed by atoms with van der Waals surface area (Å²) in [7, 11) is 1.50. The van der Waals surface area contributed by atoms with Crippen LogP contribution in [0.25, 0.3) is 0 Å². The molecule has 6 nitrogen and oxygen atoms in total. The minimum absolute atomic E-state index is 0.0822. The number of rotatable bonds is 7. The Balaban J connectivity index is 1.77. The second-order valence-corrected chi connectivity index (χ2v) is 7.32. The van der Waals surface area contributed by atoms with Crippen molar-refractivity contribution >= 4 is 23.5 Å². The van der Waals surface area contributed by atoms with Gasteiger partial charge >= 0.3 is 5.97 Å². The van der Waals surface area contributed by atoms with Gasteiger partial charge in [-0.3, -0.25) is 4.79 Å². The third kappa shape index (κ3) is 4.68. The largest absolute Gasteiger partial charge is 0.496 e. The number of carbonyl (C=O) groups excluding carboxylic acids is 1. The summed E-state index contributed by atoms with van der Waals surface area (Å²) in [4.78, 5) is 24.0. The number of carbonyl (C=O) groups is 2. The van der Waals surface area contributed by atoms with Gasteiger partial charge in [-0.15, -0.1) is 0 Å². The summed E-state index contributed by atoms with van der Waals surface area (Å²) in [6.45, 7) is 0.497. The third-order valence-corrected chi connectivity index (χ3v) is 5.18. The Bertz CT molecular complexity index is 927. The van der Waals surface area contributed by atoms with Crippen LogP contribution in [-0.4, -0.2) is 36.3 Å². The van der Waals surface area contributed by atoms with Crippen molar-refractivity contribution in [3.05, 3.63) is 63.9 Å². The molecule has 0 radical (unpaired) electrons. The number of benzene rings is 2. The van der Waals surface area contributed by atoms with Crippen LogP contribution in [-0.2, 0) is 22.5 Å². The van der Waals surface area contributed by atoms with Gasteiger partial charge in [0.1, 0.15) is 11.6 Å². The molecule has 154 valence electrons. The molecule has 0 aliphatic carbocycles. The molecule has 1 saturated heterocycles. The first-order valence-electron chi connectivity index (χ1n) is 9.11. The molecular weight excluding hydrogens is 401 g/mol. The summed E-state index contributed by atoms with van der Waals surface area (Å²) in [5.74, 6) is -1.76. The van der Waals surface area contributed by atoms with Gasteiger partial charge in [-0.2, -0.15) is 0 Å². The minimum atomic E-state index is -1.23. The smallest absolute Gasteiger partial charge is 0.336 e. The maximum atomic E-state index is 13.9. The predicted molar refractivity (Wildman–Crippen MR) is 105 cm³/mol. The molecule has 1 atom stereocenters. The molecule has 0 spiro atoms. The average Bonchev–Trinajstić information content (AvgIpc) is 3.16. The molecule has 0 aromatic heterocycles. The lowest BCUT2D eigenvalue weighted by molar-refractivity contribution is -0.159. The van der Waals surface area contributed by atoms with E-state index in [1.165, 1.54) is 19.2 Å². The molecule has 2 aromatic rings. The van der Waals surface area contributed by atoms with Gasteiger partial charge in [0, 0.05) is 30.2 Å². The van der Waals surface area contributed by atoms with E-state index in [9.17, 15) is 19.1 Å². The van der Waals surface area contributed by atoms with E-state index >= 15 is 0 Å². The lowest BCUT2D eigenvalue weighted by Crippen LogP contribution is -2.40. The molecule has 1 amide bonds. The van der Waals surface area contributed by atoms with Crippen molar-refractivity contribution in [3.8, 4) is 5.75 Å². The lowest BCUT2D eigenvalue weighted by Gasteiger charge is -2.24. The van der Waals surface area contributed by atoms with Crippen LogP contribution in [0.1, 0.15) is 34.3 Å². The fraction of sp³-hybridized carbons (Fsp3) is 0.333. The van der Waals surface area contributed by atoms with Crippen LogP contribution < -0.4 is 10.1 Å². The molecule has 3 rings (SSSR count). The second-order valence-electron chi connectivity index (χ2n) is 6.88. The lowest BCUT2D eigenvalue weighted by atomic mass is 9.91. The normalized spacial score (nSPS) is 18.4. The topological polar surface area (TPSA) is 84.9 Å². The van der Waals surface area contributed by atoms with Crippen molar-refractivity contribution in [1.82, 2.24) is 5.32 Å². The van der Waals surface area contributed by atoms with Crippen LogP contribution in [0.5, 0.6) is 5.75 Å². The Morgan fingerprint density at radius 1 is 1.31 bits per heavy atom. The molecule has 1 unspecified atom stereocenters. The van der Waals surface area contributed by atoms with Crippen LogP contribution in [0.15, 0.2) is 36.4 Å². The predicted octanol–water partition coefficient (Wildman–Crippen LogP) is 3.59. The Labute approximate surface area is 172 Å². The Kier molecular flexibility index (Phi) is 6.39. The zero-order valence-corrected chi connectivity index (χ0v) is 16.6. The highest BCUT2D eigenvalue weighted by atomic mass is 35.5. The van der Waals surface area contributed by atoms with E-state index in [2.05, 4.69) is 5.32 Å². The van der Waals surface area contributed by atoms with Crippen LogP contribution in [0, 0.1) is 5.82 Å². The average molecular weight is 422 g/mol. The van der Waals surface area contributed by atoms with Gasteiger partial charge in [0.2, 0.25) is 0 Å².